The first-order valence-electron chi connectivity index (χ1n) is 9.63. The molecule has 2 amide bonds. The Morgan fingerprint density at radius 2 is 2.10 bits per heavy atom. The molecular weight excluding hydrogens is 370 g/mol. The minimum atomic E-state index is -0.497. The van der Waals surface area contributed by atoms with Crippen LogP contribution < -0.4 is 5.32 Å². The number of piperidine rings is 1. The molecule has 3 atom stereocenters. The van der Waals surface area contributed by atoms with Crippen molar-refractivity contribution in [1.82, 2.24) is 19.5 Å². The smallest absolute Gasteiger partial charge is 0.410 e. The summed E-state index contributed by atoms with van der Waals surface area (Å²) in [6.45, 7) is 1.98. The number of carbonyl (C=O) groups is 2. The maximum Gasteiger partial charge on any atom is 0.410 e. The van der Waals surface area contributed by atoms with Crippen LogP contribution >= 0.6 is 0 Å². The van der Waals surface area contributed by atoms with E-state index in [2.05, 4.69) is 15.4 Å². The Balaban J connectivity index is 1.40. The van der Waals surface area contributed by atoms with Gasteiger partial charge in [0.2, 0.25) is 5.91 Å². The number of rotatable bonds is 3. The van der Waals surface area contributed by atoms with E-state index >= 15 is 0 Å². The van der Waals surface area contributed by atoms with Crippen LogP contribution in [0.4, 0.5) is 10.5 Å². The van der Waals surface area contributed by atoms with E-state index in [4.69, 9.17) is 4.74 Å². The summed E-state index contributed by atoms with van der Waals surface area (Å²) in [6.07, 6.45) is 4.83. The molecule has 1 aliphatic heterocycles. The van der Waals surface area contributed by atoms with E-state index in [-0.39, 0.29) is 11.9 Å². The van der Waals surface area contributed by atoms with Crippen LogP contribution in [0, 0.1) is 12.8 Å². The van der Waals surface area contributed by atoms with Crippen LogP contribution in [0.15, 0.2) is 42.7 Å². The van der Waals surface area contributed by atoms with Gasteiger partial charge in [-0.05, 0) is 55.5 Å². The molecule has 1 saturated heterocycles. The molecule has 1 aliphatic carbocycles. The minimum Gasteiger partial charge on any atom is -0.453 e. The van der Waals surface area contributed by atoms with Crippen molar-refractivity contribution in [2.24, 2.45) is 5.92 Å². The first kappa shape index (κ1) is 17.7. The van der Waals surface area contributed by atoms with Crippen molar-refractivity contribution in [3.63, 3.8) is 0 Å². The summed E-state index contributed by atoms with van der Waals surface area (Å²) < 4.78 is 6.64. The van der Waals surface area contributed by atoms with E-state index in [9.17, 15) is 9.59 Å². The molecular formula is C21H21N5O3. The van der Waals surface area contributed by atoms with Gasteiger partial charge in [-0.3, -0.25) is 9.69 Å². The molecule has 0 bridgehead atoms. The Morgan fingerprint density at radius 1 is 1.24 bits per heavy atom. The number of nitrogens with zero attached hydrogens (tertiary/aromatic N) is 4. The second-order valence-corrected chi connectivity index (χ2v) is 7.67. The molecule has 2 aromatic heterocycles. The van der Waals surface area contributed by atoms with Crippen LogP contribution in [0.1, 0.15) is 18.4 Å². The number of methoxy groups -OCH3 is 1. The molecule has 8 nitrogen and oxygen atoms in total. The summed E-state index contributed by atoms with van der Waals surface area (Å²) in [5.74, 6) is 0.792. The highest BCUT2D eigenvalue weighted by Gasteiger charge is 2.56. The molecule has 3 heterocycles. The predicted octanol–water partition coefficient (Wildman–Crippen LogP) is 2.87. The number of hydrogen-bond acceptors (Lipinski definition) is 5. The van der Waals surface area contributed by atoms with Crippen LogP contribution in [0.2, 0.25) is 0 Å². The lowest BCUT2D eigenvalue weighted by Gasteiger charge is -2.25. The van der Waals surface area contributed by atoms with Crippen molar-refractivity contribution >= 4 is 23.2 Å². The van der Waals surface area contributed by atoms with Crippen molar-refractivity contribution < 1.29 is 14.3 Å². The van der Waals surface area contributed by atoms with Gasteiger partial charge in [0.05, 0.1) is 18.8 Å². The van der Waals surface area contributed by atoms with E-state index < -0.39 is 12.1 Å². The third-order valence-corrected chi connectivity index (χ3v) is 5.82. The molecule has 2 fully saturated rings. The van der Waals surface area contributed by atoms with E-state index in [1.54, 1.807) is 15.6 Å². The molecule has 2 aliphatic rings. The number of amides is 2. The van der Waals surface area contributed by atoms with Gasteiger partial charge in [-0.2, -0.15) is 0 Å². The fraction of sp³-hybridized carbons (Fsp3) is 0.333. The summed E-state index contributed by atoms with van der Waals surface area (Å²) in [7, 11) is 1.35. The lowest BCUT2D eigenvalue weighted by molar-refractivity contribution is -0.120. The number of likely N-dealkylation sites (tertiary alicyclic amines) is 1. The number of anilines is 1. The summed E-state index contributed by atoms with van der Waals surface area (Å²) in [5, 5.41) is 7.50. The van der Waals surface area contributed by atoms with Crippen molar-refractivity contribution in [2.45, 2.75) is 31.8 Å². The second-order valence-electron chi connectivity index (χ2n) is 7.67. The zero-order chi connectivity index (χ0) is 20.1. The largest absolute Gasteiger partial charge is 0.453 e. The first-order valence-corrected chi connectivity index (χ1v) is 9.63. The van der Waals surface area contributed by atoms with Gasteiger partial charge in [0, 0.05) is 23.5 Å². The van der Waals surface area contributed by atoms with Gasteiger partial charge >= 0.3 is 6.09 Å². The molecule has 3 unspecified atom stereocenters. The highest BCUT2D eigenvalue weighted by molar-refractivity contribution is 5.97. The molecule has 1 N–H and O–H groups in total. The van der Waals surface area contributed by atoms with Gasteiger partial charge in [-0.15, -0.1) is 5.10 Å². The van der Waals surface area contributed by atoms with Crippen LogP contribution in [0.25, 0.3) is 16.9 Å². The highest BCUT2D eigenvalue weighted by Crippen LogP contribution is 2.48. The number of hydrogen-bond donors (Lipinski definition) is 1. The molecule has 1 aromatic carbocycles. The average Bonchev–Trinajstić information content (AvgIpc) is 3.15. The van der Waals surface area contributed by atoms with E-state index in [1.807, 2.05) is 43.5 Å². The standard InChI is InChI=1S/C21H21N5O3/c1-12-5-6-14(10-16(12)19-22-11-15-4-3-7-25(15)24-19)23-20(27)18-9-13-8-17(13)26(18)21(28)29-2/h3-7,10-11,13,17-18H,8-9H2,1-2H3,(H,23,27). The summed E-state index contributed by atoms with van der Waals surface area (Å²) >= 11 is 0. The van der Waals surface area contributed by atoms with Crippen molar-refractivity contribution in [2.75, 3.05) is 12.4 Å². The van der Waals surface area contributed by atoms with Gasteiger partial charge in [0.1, 0.15) is 6.04 Å². The molecule has 29 heavy (non-hydrogen) atoms. The molecule has 0 spiro atoms. The molecule has 5 rings (SSSR count). The van der Waals surface area contributed by atoms with Gasteiger partial charge < -0.3 is 10.1 Å². The maximum absolute atomic E-state index is 12.9. The number of aromatic nitrogens is 3. The molecule has 8 heteroatoms. The monoisotopic (exact) mass is 391 g/mol. The number of ether oxygens (including phenoxy) is 1. The van der Waals surface area contributed by atoms with Crippen molar-refractivity contribution in [1.29, 1.82) is 0 Å². The molecule has 148 valence electrons. The van der Waals surface area contributed by atoms with Gasteiger partial charge in [-0.1, -0.05) is 6.07 Å². The fourth-order valence-corrected chi connectivity index (χ4v) is 4.18. The van der Waals surface area contributed by atoms with Crippen LogP contribution in [-0.4, -0.2) is 50.7 Å². The molecule has 3 aromatic rings. The topological polar surface area (TPSA) is 88.8 Å². The van der Waals surface area contributed by atoms with E-state index in [0.717, 1.165) is 23.1 Å². The molecule has 0 radical (unpaired) electrons. The van der Waals surface area contributed by atoms with E-state index in [1.165, 1.54) is 7.11 Å². The number of nitrogens with one attached hydrogen (secondary N) is 1. The third kappa shape index (κ3) is 3.00. The zero-order valence-corrected chi connectivity index (χ0v) is 16.2. The quantitative estimate of drug-likeness (QED) is 0.742. The van der Waals surface area contributed by atoms with Gasteiger partial charge in [0.15, 0.2) is 5.82 Å². The first-order chi connectivity index (χ1) is 14.0. The highest BCUT2D eigenvalue weighted by atomic mass is 16.5. The normalized spacial score (nSPS) is 22.4. The maximum atomic E-state index is 12.9. The average molecular weight is 391 g/mol. The Kier molecular flexibility index (Phi) is 4.01. The molecule has 1 saturated carbocycles. The fourth-order valence-electron chi connectivity index (χ4n) is 4.18. The minimum absolute atomic E-state index is 0.133. The number of aryl methyl sites for hydroxylation is 1. The van der Waals surface area contributed by atoms with Crippen molar-refractivity contribution in [3.8, 4) is 11.4 Å². The Bertz CT molecular complexity index is 1120. The summed E-state index contributed by atoms with van der Waals surface area (Å²) in [6, 6.07) is 9.14. The lowest BCUT2D eigenvalue weighted by atomic mass is 10.1. The van der Waals surface area contributed by atoms with Crippen molar-refractivity contribution in [3.05, 3.63) is 48.3 Å². The summed E-state index contributed by atoms with van der Waals surface area (Å²) in [5.41, 5.74) is 3.42. The van der Waals surface area contributed by atoms with Gasteiger partial charge in [-0.25, -0.2) is 14.3 Å². The zero-order valence-electron chi connectivity index (χ0n) is 16.2. The lowest BCUT2D eigenvalue weighted by Crippen LogP contribution is -2.45. The predicted molar refractivity (Wildman–Crippen MR) is 106 cm³/mol. The van der Waals surface area contributed by atoms with Crippen LogP contribution in [-0.2, 0) is 9.53 Å². The van der Waals surface area contributed by atoms with Crippen LogP contribution in [0.3, 0.4) is 0 Å². The number of fused-ring (bicyclic) bond motifs is 2. The van der Waals surface area contributed by atoms with Crippen LogP contribution in [0.5, 0.6) is 0 Å². The van der Waals surface area contributed by atoms with Gasteiger partial charge in [0.25, 0.3) is 0 Å². The second kappa shape index (κ2) is 6.58. The Hall–Kier alpha value is -3.42. The summed E-state index contributed by atoms with van der Waals surface area (Å²) in [4.78, 5) is 31.0. The Labute approximate surface area is 167 Å². The third-order valence-electron chi connectivity index (χ3n) is 5.82. The number of carbonyl (C=O) groups excluding carboxylic acids is 2. The Morgan fingerprint density at radius 3 is 2.93 bits per heavy atom. The SMILES string of the molecule is COC(=O)N1C(C(=O)Nc2ccc(C)c(-c3ncc4cccn4n3)c2)CC2CC21. The van der Waals surface area contributed by atoms with E-state index in [0.29, 0.717) is 23.9 Å². The number of benzene rings is 1.